The number of rotatable bonds is 1. The van der Waals surface area contributed by atoms with Crippen LogP contribution < -0.4 is 0 Å². The number of hydrogen-bond acceptors (Lipinski definition) is 3. The Labute approximate surface area is 77.0 Å². The Morgan fingerprint density at radius 2 is 1.85 bits per heavy atom. The standard InChI is InChI=1S/C9H10O2.CH2O/c1-6-3-7(2)8(5-10)9(11)4-6;1-2/h3-5,11H,1-2H3;1H2. The molecule has 0 fully saturated rings. The molecule has 0 bridgehead atoms. The summed E-state index contributed by atoms with van der Waals surface area (Å²) in [5.74, 6) is 0.0671. The molecule has 3 nitrogen and oxygen atoms in total. The van der Waals surface area contributed by atoms with Gasteiger partial charge in [0.05, 0.1) is 5.56 Å². The van der Waals surface area contributed by atoms with Gasteiger partial charge in [0.15, 0.2) is 6.29 Å². The normalized spacial score (nSPS) is 8.46. The molecule has 1 aromatic rings. The lowest BCUT2D eigenvalue weighted by Crippen LogP contribution is -1.88. The summed E-state index contributed by atoms with van der Waals surface area (Å²) in [5.41, 5.74) is 2.17. The molecule has 0 radical (unpaired) electrons. The lowest BCUT2D eigenvalue weighted by Gasteiger charge is -2.02. The number of carbonyl (C=O) groups is 2. The molecule has 1 N–H and O–H groups in total. The minimum atomic E-state index is 0.0671. The Hall–Kier alpha value is -1.64. The Kier molecular flexibility index (Phi) is 4.44. The number of hydrogen-bond donors (Lipinski definition) is 1. The summed E-state index contributed by atoms with van der Waals surface area (Å²) < 4.78 is 0. The second-order valence-corrected chi connectivity index (χ2v) is 2.63. The average Bonchev–Trinajstić information content (AvgIpc) is 2.07. The molecule has 0 aromatic heterocycles. The number of phenolic OH excluding ortho intramolecular Hbond substituents is 1. The molecule has 0 unspecified atom stereocenters. The Morgan fingerprint density at radius 3 is 2.23 bits per heavy atom. The smallest absolute Gasteiger partial charge is 0.154 e. The highest BCUT2D eigenvalue weighted by Crippen LogP contribution is 2.20. The molecule has 13 heavy (non-hydrogen) atoms. The van der Waals surface area contributed by atoms with Crippen LogP contribution >= 0.6 is 0 Å². The van der Waals surface area contributed by atoms with E-state index in [9.17, 15) is 9.90 Å². The molecular weight excluding hydrogens is 168 g/mol. The maximum atomic E-state index is 10.4. The van der Waals surface area contributed by atoms with Crippen LogP contribution in [0.2, 0.25) is 0 Å². The molecule has 0 aliphatic rings. The highest BCUT2D eigenvalue weighted by atomic mass is 16.3. The number of aryl methyl sites for hydroxylation is 2. The van der Waals surface area contributed by atoms with Gasteiger partial charge in [0.1, 0.15) is 12.5 Å². The van der Waals surface area contributed by atoms with Crippen molar-refractivity contribution in [2.45, 2.75) is 13.8 Å². The first-order valence-corrected chi connectivity index (χ1v) is 3.69. The van der Waals surface area contributed by atoms with E-state index in [0.717, 1.165) is 11.1 Å². The van der Waals surface area contributed by atoms with E-state index >= 15 is 0 Å². The third-order valence-corrected chi connectivity index (χ3v) is 1.63. The van der Waals surface area contributed by atoms with Crippen LogP contribution in [0.4, 0.5) is 0 Å². The van der Waals surface area contributed by atoms with Gasteiger partial charge in [0.25, 0.3) is 0 Å². The van der Waals surface area contributed by atoms with Crippen molar-refractivity contribution in [3.8, 4) is 5.75 Å². The van der Waals surface area contributed by atoms with E-state index in [1.165, 1.54) is 0 Å². The van der Waals surface area contributed by atoms with Crippen LogP contribution in [0, 0.1) is 13.8 Å². The number of carbonyl (C=O) groups excluding carboxylic acids is 2. The van der Waals surface area contributed by atoms with Gasteiger partial charge in [0.2, 0.25) is 0 Å². The van der Waals surface area contributed by atoms with Crippen molar-refractivity contribution in [3.63, 3.8) is 0 Å². The van der Waals surface area contributed by atoms with Crippen molar-refractivity contribution in [1.82, 2.24) is 0 Å². The summed E-state index contributed by atoms with van der Waals surface area (Å²) in [4.78, 5) is 18.4. The summed E-state index contributed by atoms with van der Waals surface area (Å²) in [6.45, 7) is 5.68. The zero-order valence-corrected chi connectivity index (χ0v) is 7.70. The van der Waals surface area contributed by atoms with Crippen molar-refractivity contribution in [1.29, 1.82) is 0 Å². The average molecular weight is 180 g/mol. The van der Waals surface area contributed by atoms with E-state index in [2.05, 4.69) is 0 Å². The minimum Gasteiger partial charge on any atom is -0.507 e. The summed E-state index contributed by atoms with van der Waals surface area (Å²) in [6, 6.07) is 3.44. The predicted octanol–water partition coefficient (Wildman–Crippen LogP) is 1.64. The van der Waals surface area contributed by atoms with Crippen LogP contribution in [-0.2, 0) is 4.79 Å². The zero-order valence-electron chi connectivity index (χ0n) is 7.70. The van der Waals surface area contributed by atoms with E-state index in [-0.39, 0.29) is 5.75 Å². The van der Waals surface area contributed by atoms with Gasteiger partial charge in [-0.05, 0) is 31.0 Å². The molecule has 0 amide bonds. The summed E-state index contributed by atoms with van der Waals surface area (Å²) in [6.07, 6.45) is 0.671. The molecule has 1 aromatic carbocycles. The van der Waals surface area contributed by atoms with Gasteiger partial charge in [-0.1, -0.05) is 6.07 Å². The minimum absolute atomic E-state index is 0.0671. The first-order valence-electron chi connectivity index (χ1n) is 3.69. The van der Waals surface area contributed by atoms with Crippen LogP contribution in [0.1, 0.15) is 21.5 Å². The lowest BCUT2D eigenvalue weighted by molar-refractivity contribution is -0.0979. The summed E-state index contributed by atoms with van der Waals surface area (Å²) >= 11 is 0. The topological polar surface area (TPSA) is 54.4 Å². The Bertz CT molecular complexity index is 282. The monoisotopic (exact) mass is 180 g/mol. The van der Waals surface area contributed by atoms with Gasteiger partial charge in [-0.2, -0.15) is 0 Å². The number of phenols is 1. The molecular formula is C10H12O3. The molecule has 0 aliphatic heterocycles. The number of aromatic hydroxyl groups is 1. The maximum absolute atomic E-state index is 10.4. The second kappa shape index (κ2) is 5.09. The molecule has 0 aliphatic carbocycles. The van der Waals surface area contributed by atoms with Gasteiger partial charge < -0.3 is 9.90 Å². The molecule has 3 heteroatoms. The predicted molar refractivity (Wildman–Crippen MR) is 50.1 cm³/mol. The quantitative estimate of drug-likeness (QED) is 0.668. The molecule has 0 saturated carbocycles. The second-order valence-electron chi connectivity index (χ2n) is 2.63. The molecule has 0 heterocycles. The van der Waals surface area contributed by atoms with Gasteiger partial charge in [0, 0.05) is 0 Å². The SMILES string of the molecule is C=O.Cc1cc(C)c(C=O)c(O)c1. The van der Waals surface area contributed by atoms with Gasteiger partial charge >= 0.3 is 0 Å². The third kappa shape index (κ3) is 2.71. The fourth-order valence-electron chi connectivity index (χ4n) is 1.11. The number of aldehydes is 1. The third-order valence-electron chi connectivity index (χ3n) is 1.63. The summed E-state index contributed by atoms with van der Waals surface area (Å²) in [5, 5.41) is 9.24. The van der Waals surface area contributed by atoms with Crippen LogP contribution in [0.5, 0.6) is 5.75 Å². The highest BCUT2D eigenvalue weighted by molar-refractivity contribution is 5.81. The first-order chi connectivity index (χ1) is 6.15. The van der Waals surface area contributed by atoms with Crippen LogP contribution in [0.3, 0.4) is 0 Å². The van der Waals surface area contributed by atoms with Crippen molar-refractivity contribution in [2.24, 2.45) is 0 Å². The van der Waals surface area contributed by atoms with Crippen molar-refractivity contribution >= 4 is 13.1 Å². The van der Waals surface area contributed by atoms with E-state index < -0.39 is 0 Å². The fraction of sp³-hybridized carbons (Fsp3) is 0.200. The molecule has 0 atom stereocenters. The van der Waals surface area contributed by atoms with Gasteiger partial charge in [-0.3, -0.25) is 4.79 Å². The molecule has 1 rings (SSSR count). The lowest BCUT2D eigenvalue weighted by atomic mass is 10.1. The Balaban J connectivity index is 0.000000671. The van der Waals surface area contributed by atoms with Crippen LogP contribution in [0.25, 0.3) is 0 Å². The molecule has 0 saturated heterocycles. The van der Waals surface area contributed by atoms with Crippen molar-refractivity contribution < 1.29 is 14.7 Å². The fourth-order valence-corrected chi connectivity index (χ4v) is 1.11. The van der Waals surface area contributed by atoms with E-state index in [0.29, 0.717) is 11.8 Å². The maximum Gasteiger partial charge on any atom is 0.154 e. The van der Waals surface area contributed by atoms with E-state index in [1.54, 1.807) is 13.0 Å². The van der Waals surface area contributed by atoms with E-state index in [1.807, 2.05) is 19.8 Å². The first kappa shape index (κ1) is 11.4. The van der Waals surface area contributed by atoms with Gasteiger partial charge in [-0.15, -0.1) is 0 Å². The molecule has 70 valence electrons. The molecule has 0 spiro atoms. The largest absolute Gasteiger partial charge is 0.507 e. The number of benzene rings is 1. The van der Waals surface area contributed by atoms with Crippen molar-refractivity contribution in [3.05, 3.63) is 28.8 Å². The van der Waals surface area contributed by atoms with Crippen LogP contribution in [0.15, 0.2) is 12.1 Å². The zero-order chi connectivity index (χ0) is 10.4. The van der Waals surface area contributed by atoms with Gasteiger partial charge in [-0.25, -0.2) is 0 Å². The summed E-state index contributed by atoms with van der Waals surface area (Å²) in [7, 11) is 0. The van der Waals surface area contributed by atoms with E-state index in [4.69, 9.17) is 4.79 Å². The van der Waals surface area contributed by atoms with Crippen LogP contribution in [-0.4, -0.2) is 18.2 Å². The highest BCUT2D eigenvalue weighted by Gasteiger charge is 2.03. The van der Waals surface area contributed by atoms with Crippen molar-refractivity contribution in [2.75, 3.05) is 0 Å². The Morgan fingerprint density at radius 1 is 1.31 bits per heavy atom.